The Morgan fingerprint density at radius 3 is 2.23 bits per heavy atom. The van der Waals surface area contributed by atoms with E-state index in [0.29, 0.717) is 6.04 Å². The molecule has 1 aromatic rings. The molecule has 1 aliphatic carbocycles. The summed E-state index contributed by atoms with van der Waals surface area (Å²) in [6.07, 6.45) is 3.41. The summed E-state index contributed by atoms with van der Waals surface area (Å²) in [5.41, 5.74) is -0.476. The Hall–Kier alpha value is -1.23. The van der Waals surface area contributed by atoms with Gasteiger partial charge in [-0.3, -0.25) is 4.99 Å². The van der Waals surface area contributed by atoms with Crippen LogP contribution in [0.3, 0.4) is 0 Å². The minimum atomic E-state index is -0.476. The van der Waals surface area contributed by atoms with Crippen molar-refractivity contribution in [1.82, 2.24) is 16.0 Å². The number of amides is 1. The predicted molar refractivity (Wildman–Crippen MR) is 132 cm³/mol. The summed E-state index contributed by atoms with van der Waals surface area (Å²) >= 11 is 1.67. The molecular formula is C21H34FIN4O2S. The summed E-state index contributed by atoms with van der Waals surface area (Å²) < 4.78 is 18.3. The Balaban J connectivity index is 0.00000450. The molecule has 0 saturated heterocycles. The highest BCUT2D eigenvalue weighted by Crippen LogP contribution is 2.20. The van der Waals surface area contributed by atoms with Crippen LogP contribution in [0.5, 0.6) is 0 Å². The number of guanidine groups is 1. The van der Waals surface area contributed by atoms with E-state index < -0.39 is 5.60 Å². The lowest BCUT2D eigenvalue weighted by Gasteiger charge is -2.31. The third kappa shape index (κ3) is 10.7. The summed E-state index contributed by atoms with van der Waals surface area (Å²) in [6.45, 7) is 6.36. The number of hydrogen-bond donors (Lipinski definition) is 3. The molecule has 0 aliphatic heterocycles. The molecule has 9 heteroatoms. The quantitative estimate of drug-likeness (QED) is 0.159. The van der Waals surface area contributed by atoms with Crippen LogP contribution in [-0.4, -0.2) is 49.1 Å². The maximum Gasteiger partial charge on any atom is 0.407 e. The molecule has 0 unspecified atom stereocenters. The van der Waals surface area contributed by atoms with Gasteiger partial charge in [-0.15, -0.1) is 35.7 Å². The first-order valence-electron chi connectivity index (χ1n) is 10.1. The van der Waals surface area contributed by atoms with Crippen LogP contribution in [-0.2, 0) is 4.74 Å². The molecule has 0 heterocycles. The minimum absolute atomic E-state index is 0. The highest BCUT2D eigenvalue weighted by atomic mass is 127. The maximum absolute atomic E-state index is 12.9. The molecule has 1 aliphatic rings. The third-order valence-electron chi connectivity index (χ3n) is 4.49. The van der Waals surface area contributed by atoms with E-state index in [9.17, 15) is 9.18 Å². The van der Waals surface area contributed by atoms with E-state index in [1.807, 2.05) is 20.8 Å². The lowest BCUT2D eigenvalue weighted by molar-refractivity contribution is 0.0490. The van der Waals surface area contributed by atoms with Crippen molar-refractivity contribution in [3.63, 3.8) is 0 Å². The van der Waals surface area contributed by atoms with Crippen LogP contribution in [0, 0.1) is 5.82 Å². The standard InChI is InChI=1S/C21H33FN4O2S.HI/c1-21(2,3)28-20(27)26-17-9-7-16(8-10-17)25-19(23-4)24-13-14-29-18-11-5-15(22)6-12-18;/h5-6,11-12,16-17H,7-10,13-14H2,1-4H3,(H,26,27)(H2,23,24,25);1H. The van der Waals surface area contributed by atoms with Crippen molar-refractivity contribution in [2.75, 3.05) is 19.3 Å². The average Bonchev–Trinajstić information content (AvgIpc) is 2.65. The van der Waals surface area contributed by atoms with E-state index in [1.54, 1.807) is 30.9 Å². The maximum atomic E-state index is 12.9. The zero-order chi connectivity index (χ0) is 21.3. The number of carbonyl (C=O) groups excluding carboxylic acids is 1. The first kappa shape index (κ1) is 26.8. The van der Waals surface area contributed by atoms with Crippen molar-refractivity contribution in [3.8, 4) is 0 Å². The van der Waals surface area contributed by atoms with Gasteiger partial charge < -0.3 is 20.7 Å². The van der Waals surface area contributed by atoms with Crippen molar-refractivity contribution in [2.24, 2.45) is 4.99 Å². The SMILES string of the molecule is CN=C(NCCSc1ccc(F)cc1)NC1CCC(NC(=O)OC(C)(C)C)CC1.I. The molecule has 1 saturated carbocycles. The van der Waals surface area contributed by atoms with Crippen molar-refractivity contribution in [3.05, 3.63) is 30.1 Å². The number of thioether (sulfide) groups is 1. The second-order valence-electron chi connectivity index (χ2n) is 8.14. The topological polar surface area (TPSA) is 74.8 Å². The highest BCUT2D eigenvalue weighted by Gasteiger charge is 2.25. The van der Waals surface area contributed by atoms with Crippen LogP contribution in [0.4, 0.5) is 9.18 Å². The molecule has 3 N–H and O–H groups in total. The summed E-state index contributed by atoms with van der Waals surface area (Å²) in [7, 11) is 1.76. The Bertz CT molecular complexity index is 675. The van der Waals surface area contributed by atoms with E-state index in [1.165, 1.54) is 12.1 Å². The lowest BCUT2D eigenvalue weighted by Crippen LogP contribution is -2.48. The summed E-state index contributed by atoms with van der Waals surface area (Å²) in [6, 6.07) is 7.02. The molecule has 1 aromatic carbocycles. The van der Waals surface area contributed by atoms with Gasteiger partial charge in [0.2, 0.25) is 0 Å². The second-order valence-corrected chi connectivity index (χ2v) is 9.31. The first-order chi connectivity index (χ1) is 13.7. The number of hydrogen-bond acceptors (Lipinski definition) is 4. The van der Waals surface area contributed by atoms with Gasteiger partial charge in [0, 0.05) is 36.3 Å². The van der Waals surface area contributed by atoms with Crippen LogP contribution in [0.15, 0.2) is 34.2 Å². The number of ether oxygens (including phenoxy) is 1. The largest absolute Gasteiger partial charge is 0.444 e. The van der Waals surface area contributed by atoms with E-state index in [4.69, 9.17) is 4.74 Å². The van der Waals surface area contributed by atoms with Gasteiger partial charge in [0.25, 0.3) is 0 Å². The fraction of sp³-hybridized carbons (Fsp3) is 0.619. The molecular weight excluding hydrogens is 518 g/mol. The van der Waals surface area contributed by atoms with Gasteiger partial charge in [-0.1, -0.05) is 0 Å². The normalized spacial score (nSPS) is 19.4. The third-order valence-corrected chi connectivity index (χ3v) is 5.50. The Morgan fingerprint density at radius 1 is 1.13 bits per heavy atom. The average molecular weight is 552 g/mol. The number of benzene rings is 1. The zero-order valence-electron chi connectivity index (χ0n) is 18.2. The van der Waals surface area contributed by atoms with Crippen molar-refractivity contribution < 1.29 is 13.9 Å². The number of carbonyl (C=O) groups is 1. The molecule has 0 bridgehead atoms. The van der Waals surface area contributed by atoms with Crippen LogP contribution >= 0.6 is 35.7 Å². The molecule has 0 aromatic heterocycles. The van der Waals surface area contributed by atoms with Crippen LogP contribution < -0.4 is 16.0 Å². The number of halogens is 2. The number of alkyl carbamates (subject to hydrolysis) is 1. The number of rotatable bonds is 6. The molecule has 2 rings (SSSR count). The highest BCUT2D eigenvalue weighted by molar-refractivity contribution is 14.0. The van der Waals surface area contributed by atoms with Crippen LogP contribution in [0.2, 0.25) is 0 Å². The smallest absolute Gasteiger partial charge is 0.407 e. The monoisotopic (exact) mass is 552 g/mol. The Labute approximate surface area is 200 Å². The molecule has 30 heavy (non-hydrogen) atoms. The molecule has 0 atom stereocenters. The van der Waals surface area contributed by atoms with Crippen molar-refractivity contribution >= 4 is 47.8 Å². The summed E-state index contributed by atoms with van der Waals surface area (Å²) in [4.78, 5) is 17.2. The summed E-state index contributed by atoms with van der Waals surface area (Å²) in [5.74, 6) is 1.43. The van der Waals surface area contributed by atoms with Gasteiger partial charge in [0.05, 0.1) is 0 Å². The van der Waals surface area contributed by atoms with Gasteiger partial charge in [-0.05, 0) is 70.7 Å². The molecule has 170 valence electrons. The lowest BCUT2D eigenvalue weighted by atomic mass is 9.91. The fourth-order valence-corrected chi connectivity index (χ4v) is 3.88. The number of nitrogens with zero attached hydrogens (tertiary/aromatic N) is 1. The molecule has 1 amide bonds. The van der Waals surface area contributed by atoms with Crippen molar-refractivity contribution in [1.29, 1.82) is 0 Å². The molecule has 0 radical (unpaired) electrons. The molecule has 6 nitrogen and oxygen atoms in total. The summed E-state index contributed by atoms with van der Waals surface area (Å²) in [5, 5.41) is 9.74. The molecule has 0 spiro atoms. The molecule has 1 fully saturated rings. The Kier molecular flexibility index (Phi) is 11.8. The van der Waals surface area contributed by atoms with Gasteiger partial charge in [0.15, 0.2) is 5.96 Å². The number of aliphatic imine (C=N–C) groups is 1. The first-order valence-corrected chi connectivity index (χ1v) is 11.1. The van der Waals surface area contributed by atoms with Gasteiger partial charge in [-0.25, -0.2) is 9.18 Å². The van der Waals surface area contributed by atoms with E-state index >= 15 is 0 Å². The van der Waals surface area contributed by atoms with Crippen LogP contribution in [0.25, 0.3) is 0 Å². The van der Waals surface area contributed by atoms with Crippen LogP contribution in [0.1, 0.15) is 46.5 Å². The van der Waals surface area contributed by atoms with E-state index in [-0.39, 0.29) is 41.9 Å². The Morgan fingerprint density at radius 2 is 1.70 bits per heavy atom. The van der Waals surface area contributed by atoms with E-state index in [2.05, 4.69) is 20.9 Å². The van der Waals surface area contributed by atoms with E-state index in [0.717, 1.165) is 48.8 Å². The predicted octanol–water partition coefficient (Wildman–Crippen LogP) is 4.54. The van der Waals surface area contributed by atoms with Gasteiger partial charge >= 0.3 is 6.09 Å². The van der Waals surface area contributed by atoms with Gasteiger partial charge in [-0.2, -0.15) is 0 Å². The fourth-order valence-electron chi connectivity index (χ4n) is 3.11. The zero-order valence-corrected chi connectivity index (χ0v) is 21.3. The minimum Gasteiger partial charge on any atom is -0.444 e. The number of nitrogens with one attached hydrogen (secondary N) is 3. The van der Waals surface area contributed by atoms with Crippen molar-refractivity contribution in [2.45, 2.75) is 69.0 Å². The second kappa shape index (κ2) is 13.2. The van der Waals surface area contributed by atoms with Gasteiger partial charge in [0.1, 0.15) is 11.4 Å².